The average Bonchev–Trinajstić information content (AvgIpc) is 0.744. The molecule has 0 heterocycles. The number of alkyl halides is 18. The van der Waals surface area contributed by atoms with Crippen LogP contribution >= 0.6 is 255 Å². The molecular formula is C100H148Cl22Ir2O4P6. The van der Waals surface area contributed by atoms with Gasteiger partial charge >= 0.3 is 40.2 Å². The van der Waals surface area contributed by atoms with Crippen molar-refractivity contribution in [3.05, 3.63) is 229 Å². The van der Waals surface area contributed by atoms with Crippen LogP contribution in [0.3, 0.4) is 0 Å². The Kier molecular flexibility index (Phi) is 134. The molecular weight excluding hydrogens is 2620 g/mol. The summed E-state index contributed by atoms with van der Waals surface area (Å²) in [6.07, 6.45) is 54.5. The van der Waals surface area contributed by atoms with Crippen LogP contribution in [0.2, 0.25) is 0 Å². The molecule has 0 spiro atoms. The minimum Gasteiger partial charge on any atom is -1.00 e. The second kappa shape index (κ2) is 112. The maximum absolute atomic E-state index is 14.1. The number of carbonyl (C=O) groups excluding carboxylic acids is 2. The zero-order valence-electron chi connectivity index (χ0n) is 79.8. The molecule has 0 aromatic heterocycles. The second-order valence-electron chi connectivity index (χ2n) is 28.9. The van der Waals surface area contributed by atoms with E-state index in [1.165, 1.54) is 154 Å². The van der Waals surface area contributed by atoms with Crippen molar-refractivity contribution in [1.82, 2.24) is 0 Å². The van der Waals surface area contributed by atoms with Crippen molar-refractivity contribution in [2.75, 3.05) is 73.9 Å². The SMILES string of the molecule is CCCCP(CCCC)CCCC.CCCCP(CCCC)CCCC.CCCCP(CCCC)CCCC.CCCCP(CCCC)CCCC.ClC(Cl)Cl.ClC(Cl)Cl.ClC(Cl)Cl.ClC(Cl)Cl.ClC(Cl)Cl.ClC(Cl)Cl.[CH-]=C(C(=O)/C([O-])=C/C=C(\[O-])C(=O)C(=[CH-])[P+](c1ccccc1)(c1ccccc1)c1ccccc1)[P+](c1ccccc1)(c1ccccc1)c1ccccc1.[Cl-].[Cl-].[Cl-].[Cl-].[Ir+3].[Ir+3]. The molecule has 34 heteroatoms. The fourth-order valence-corrected chi connectivity index (χ4v) is 32.3. The fraction of sp³-hybridized carbons (Fsp3) is 0.540. The molecule has 774 valence electrons. The summed E-state index contributed by atoms with van der Waals surface area (Å²) < 4.78 is -4.50. The van der Waals surface area contributed by atoms with Crippen molar-refractivity contribution in [3.8, 4) is 0 Å². The third-order valence-corrected chi connectivity index (χ3v) is 38.5. The summed E-state index contributed by atoms with van der Waals surface area (Å²) in [6.45, 7) is 41.4. The monoisotopic (exact) mass is 2750 g/mol. The Labute approximate surface area is 962 Å². The van der Waals surface area contributed by atoms with Gasteiger partial charge in [-0.3, -0.25) is 0 Å². The molecule has 0 saturated carbocycles. The van der Waals surface area contributed by atoms with Gasteiger partial charge in [-0.1, -0.05) is 490 Å². The molecule has 0 radical (unpaired) electrons. The molecule has 0 amide bonds. The van der Waals surface area contributed by atoms with Crippen LogP contribution in [-0.2, 0) is 49.8 Å². The van der Waals surface area contributed by atoms with Gasteiger partial charge in [0.05, 0.1) is 11.6 Å². The van der Waals surface area contributed by atoms with Crippen LogP contribution in [0.4, 0.5) is 0 Å². The van der Waals surface area contributed by atoms with Crippen molar-refractivity contribution in [2.24, 2.45) is 0 Å². The van der Waals surface area contributed by atoms with E-state index in [9.17, 15) is 19.8 Å². The van der Waals surface area contributed by atoms with Crippen LogP contribution in [0.15, 0.2) is 216 Å². The number of rotatable bonds is 49. The molecule has 0 aliphatic heterocycles. The van der Waals surface area contributed by atoms with Gasteiger partial charge in [-0.25, -0.2) is 13.2 Å². The third-order valence-electron chi connectivity index (χ3n) is 18.8. The summed E-state index contributed by atoms with van der Waals surface area (Å²) in [5, 5.41) is 31.8. The molecule has 0 aliphatic rings. The normalized spacial score (nSPS) is 10.6. The first-order chi connectivity index (χ1) is 61.1. The summed E-state index contributed by atoms with van der Waals surface area (Å²) in [6, 6.07) is 56.4. The molecule has 0 aliphatic carbocycles. The molecule has 4 nitrogen and oxygen atoms in total. The van der Waals surface area contributed by atoms with E-state index in [1.807, 2.05) is 182 Å². The van der Waals surface area contributed by atoms with Gasteiger partial charge in [-0.05, 0) is 234 Å². The number of Topliss-reactive ketones (excluding diaryl/α,β-unsaturated/α-hetero) is 2. The molecule has 6 rings (SSSR count). The van der Waals surface area contributed by atoms with Gasteiger partial charge in [0.15, 0.2) is 25.8 Å². The van der Waals surface area contributed by atoms with E-state index in [0.717, 1.165) is 44.0 Å². The molecule has 0 bridgehead atoms. The van der Waals surface area contributed by atoms with Crippen LogP contribution in [0.25, 0.3) is 0 Å². The van der Waals surface area contributed by atoms with Gasteiger partial charge in [0.25, 0.3) is 0 Å². The molecule has 0 unspecified atom stereocenters. The van der Waals surface area contributed by atoms with Gasteiger partial charge in [0.2, 0.25) is 0 Å². The van der Waals surface area contributed by atoms with Crippen LogP contribution in [0, 0.1) is 13.2 Å². The summed E-state index contributed by atoms with van der Waals surface area (Å²) >= 11 is 86.5. The van der Waals surface area contributed by atoms with E-state index in [1.54, 1.807) is 73.9 Å². The van der Waals surface area contributed by atoms with E-state index in [-0.39, 0.29) is 100 Å². The zero-order valence-corrected chi connectivity index (χ0v) is 107. The van der Waals surface area contributed by atoms with Gasteiger partial charge < -0.3 is 69.4 Å². The average molecular weight is 2760 g/mol. The maximum Gasteiger partial charge on any atom is 3.00 e. The Morgan fingerprint density at radius 1 is 0.246 bits per heavy atom. The van der Waals surface area contributed by atoms with E-state index >= 15 is 0 Å². The van der Waals surface area contributed by atoms with Gasteiger partial charge in [0.1, 0.15) is 46.4 Å². The third kappa shape index (κ3) is 86.3. The zero-order chi connectivity index (χ0) is 97.8. The van der Waals surface area contributed by atoms with Crippen LogP contribution < -0.4 is 91.7 Å². The van der Waals surface area contributed by atoms with Crippen LogP contribution in [0.1, 0.15) is 237 Å². The smallest absolute Gasteiger partial charge is 1.00 e. The van der Waals surface area contributed by atoms with Gasteiger partial charge in [0, 0.05) is 0 Å². The van der Waals surface area contributed by atoms with E-state index < -0.39 is 63.4 Å². The van der Waals surface area contributed by atoms with Crippen LogP contribution in [0.5, 0.6) is 0 Å². The Morgan fingerprint density at radius 2 is 0.343 bits per heavy atom. The van der Waals surface area contributed by atoms with Gasteiger partial charge in [-0.15, -0.1) is 43.2 Å². The number of unbranched alkanes of at least 4 members (excludes halogenated alkanes) is 12. The van der Waals surface area contributed by atoms with Crippen molar-refractivity contribution in [3.63, 3.8) is 0 Å². The molecule has 6 aromatic carbocycles. The Bertz CT molecular complexity index is 2970. The number of carbonyl (C=O) groups is 2. The number of hydrogen-bond acceptors (Lipinski definition) is 4. The predicted molar refractivity (Wildman–Crippen MR) is 605 cm³/mol. The van der Waals surface area contributed by atoms with Crippen LogP contribution in [-0.4, -0.2) is 111 Å². The summed E-state index contributed by atoms with van der Waals surface area (Å²) in [7, 11) is -4.40. The first-order valence-electron chi connectivity index (χ1n) is 44.8. The van der Waals surface area contributed by atoms with E-state index in [0.29, 0.717) is 31.7 Å². The summed E-state index contributed by atoms with van der Waals surface area (Å²) in [5.74, 6) is -3.98. The van der Waals surface area contributed by atoms with Crippen molar-refractivity contribution in [1.29, 1.82) is 0 Å². The molecule has 0 saturated heterocycles. The Hall–Kier alpha value is 3.48. The molecule has 6 aromatic rings. The Balaban J connectivity index is -0.000000168. The fourth-order valence-electron chi connectivity index (χ4n) is 12.4. The maximum atomic E-state index is 14.1. The molecule has 0 N–H and O–H groups in total. The number of halogens is 22. The second-order valence-corrected chi connectivity index (χ2v) is 58.3. The standard InChI is InChI=1S/C46H36O4P2.4C12H27P.6CHCl3.4ClH.2Ir/c1-35(51(37-21-9-3-10-22-37,38-23-11-4-12-24-38)39-25-13-5-14-26-39)45(49)43(47)33-34-44(48)46(50)36(2)52(40-27-15-6-16-28-40,41-29-17-7-18-30-41)42-31-19-8-20-32-42;4*1-4-7-10-13(11-8-5-2)12-9-6-3;6*2-1(3)4;;;;;;/h1-34,47-48H;4*4-12H2,1-3H3;6*1H;4*1H;;/q;;;;;;;;;;;;;;;2*+3/p-6/b43-33-,44-34-;;;;;;;;;;;;;;;;. The number of benzene rings is 6. The first-order valence-corrected chi connectivity index (χ1v) is 63.8. The Morgan fingerprint density at radius 3 is 0.433 bits per heavy atom. The number of ketones is 2. The molecule has 134 heavy (non-hydrogen) atoms. The molecule has 0 atom stereocenters. The minimum atomic E-state index is -3.04. The van der Waals surface area contributed by atoms with Crippen molar-refractivity contribution >= 4 is 298 Å². The summed E-state index contributed by atoms with van der Waals surface area (Å²) in [4.78, 5) is 28.2. The summed E-state index contributed by atoms with van der Waals surface area (Å²) in [5.41, 5.74) is 0. The van der Waals surface area contributed by atoms with E-state index in [4.69, 9.17) is 222 Å². The van der Waals surface area contributed by atoms with Crippen molar-refractivity contribution < 1.29 is 110 Å². The largest absolute Gasteiger partial charge is 3.00 e. The minimum absolute atomic E-state index is 0. The predicted octanol–water partition coefficient (Wildman–Crippen LogP) is 24.6. The quantitative estimate of drug-likeness (QED) is 0.00952. The first kappa shape index (κ1) is 160. The number of hydrogen-bond donors (Lipinski definition) is 0. The number of allylic oxidation sites excluding steroid dienone is 4. The van der Waals surface area contributed by atoms with Crippen molar-refractivity contribution in [2.45, 2.75) is 263 Å². The topological polar surface area (TPSA) is 80.3 Å². The van der Waals surface area contributed by atoms with E-state index in [2.05, 4.69) is 83.1 Å². The van der Waals surface area contributed by atoms with Gasteiger partial charge in [-0.2, -0.15) is 0 Å². The molecule has 0 fully saturated rings.